The Hall–Kier alpha value is -2.92. The summed E-state index contributed by atoms with van der Waals surface area (Å²) in [6.45, 7) is 3.83. The van der Waals surface area contributed by atoms with Crippen LogP contribution in [0.3, 0.4) is 0 Å². The Morgan fingerprint density at radius 1 is 0.523 bits per heavy atom. The molecule has 1 N–H and O–H groups in total. The van der Waals surface area contributed by atoms with Crippen LogP contribution in [0.25, 0.3) is 0 Å². The molecule has 0 saturated heterocycles. The second kappa shape index (κ2) is 34.6. The molecule has 0 aliphatic carbocycles. The summed E-state index contributed by atoms with van der Waals surface area (Å²) in [7, 11) is 0. The second-order valence-electron chi connectivity index (χ2n) is 10.8. The van der Waals surface area contributed by atoms with Crippen molar-refractivity contribution in [2.24, 2.45) is 0 Å². The standard InChI is InChI=1S/C39H62O5/c1-3-5-7-9-11-13-15-17-19-21-23-25-27-29-31-33-38(41)43-36-37(35-40)44-39(42)34-32-30-28-26-24-22-20-18-16-14-12-10-8-6-4-2/h5-8,11-14,17-20,23,25,37,40H,3-4,9-10,15-16,21-22,24,26-36H2,1-2H3. The van der Waals surface area contributed by atoms with Gasteiger partial charge in [-0.3, -0.25) is 9.59 Å². The molecule has 5 nitrogen and oxygen atoms in total. The predicted molar refractivity (Wildman–Crippen MR) is 186 cm³/mol. The summed E-state index contributed by atoms with van der Waals surface area (Å²) in [6.07, 6.45) is 46.4. The number of carbonyl (C=O) groups excluding carboxylic acids is 2. The zero-order chi connectivity index (χ0) is 32.2. The van der Waals surface area contributed by atoms with Crippen molar-refractivity contribution in [3.05, 3.63) is 85.1 Å². The van der Waals surface area contributed by atoms with E-state index in [1.807, 2.05) is 0 Å². The summed E-state index contributed by atoms with van der Waals surface area (Å²) in [5.41, 5.74) is 0. The fourth-order valence-electron chi connectivity index (χ4n) is 4.14. The lowest BCUT2D eigenvalue weighted by atomic mass is 10.1. The average Bonchev–Trinajstić information content (AvgIpc) is 3.02. The zero-order valence-corrected chi connectivity index (χ0v) is 27.9. The highest BCUT2D eigenvalue weighted by atomic mass is 16.6. The molecular formula is C39H62O5. The van der Waals surface area contributed by atoms with Crippen molar-refractivity contribution in [3.8, 4) is 0 Å². The Balaban J connectivity index is 3.73. The number of hydrogen-bond acceptors (Lipinski definition) is 5. The first kappa shape index (κ1) is 41.1. The zero-order valence-electron chi connectivity index (χ0n) is 27.9. The van der Waals surface area contributed by atoms with E-state index in [0.29, 0.717) is 12.8 Å². The lowest BCUT2D eigenvalue weighted by molar-refractivity contribution is -0.161. The monoisotopic (exact) mass is 610 g/mol. The van der Waals surface area contributed by atoms with E-state index in [4.69, 9.17) is 9.47 Å². The summed E-state index contributed by atoms with van der Waals surface area (Å²) in [6, 6.07) is 0. The van der Waals surface area contributed by atoms with Crippen molar-refractivity contribution in [1.82, 2.24) is 0 Å². The van der Waals surface area contributed by atoms with E-state index in [1.165, 1.54) is 0 Å². The van der Waals surface area contributed by atoms with Gasteiger partial charge in [-0.1, -0.05) is 118 Å². The number of ether oxygens (including phenoxy) is 2. The summed E-state index contributed by atoms with van der Waals surface area (Å²) in [5.74, 6) is -0.671. The SMILES string of the molecule is CCC=CCC=CCC=CCC=CCCCCC(=O)OCC(CO)OC(=O)CCCCCCCC=CCC=CCC=CCC. The van der Waals surface area contributed by atoms with Crippen molar-refractivity contribution in [2.75, 3.05) is 13.2 Å². The normalized spacial score (nSPS) is 13.2. The lowest BCUT2D eigenvalue weighted by Gasteiger charge is -2.15. The van der Waals surface area contributed by atoms with E-state index >= 15 is 0 Å². The van der Waals surface area contributed by atoms with Gasteiger partial charge in [0.15, 0.2) is 6.10 Å². The summed E-state index contributed by atoms with van der Waals surface area (Å²) >= 11 is 0. The Labute approximate surface area is 269 Å². The van der Waals surface area contributed by atoms with Gasteiger partial charge in [0.05, 0.1) is 6.61 Å². The highest BCUT2D eigenvalue weighted by Crippen LogP contribution is 2.10. The molecule has 0 aromatic rings. The first-order valence-electron chi connectivity index (χ1n) is 17.1. The molecule has 0 aromatic heterocycles. The lowest BCUT2D eigenvalue weighted by Crippen LogP contribution is -2.28. The van der Waals surface area contributed by atoms with Crippen LogP contribution in [0.15, 0.2) is 85.1 Å². The minimum Gasteiger partial charge on any atom is -0.462 e. The van der Waals surface area contributed by atoms with E-state index in [0.717, 1.165) is 103 Å². The van der Waals surface area contributed by atoms with Crippen LogP contribution >= 0.6 is 0 Å². The second-order valence-corrected chi connectivity index (χ2v) is 10.8. The third-order valence-corrected chi connectivity index (χ3v) is 6.68. The van der Waals surface area contributed by atoms with Gasteiger partial charge in [0.1, 0.15) is 6.61 Å². The number of hydrogen-bond donors (Lipinski definition) is 1. The number of unbranched alkanes of at least 4 members (excludes halogenated alkanes) is 7. The molecule has 44 heavy (non-hydrogen) atoms. The van der Waals surface area contributed by atoms with Crippen LogP contribution in [0.5, 0.6) is 0 Å². The highest BCUT2D eigenvalue weighted by molar-refractivity contribution is 5.70. The molecule has 0 aromatic carbocycles. The van der Waals surface area contributed by atoms with Gasteiger partial charge in [0, 0.05) is 12.8 Å². The van der Waals surface area contributed by atoms with Crippen LogP contribution in [-0.2, 0) is 19.1 Å². The topological polar surface area (TPSA) is 72.8 Å². The van der Waals surface area contributed by atoms with E-state index in [9.17, 15) is 14.7 Å². The van der Waals surface area contributed by atoms with Crippen LogP contribution in [0, 0.1) is 0 Å². The molecular weight excluding hydrogens is 548 g/mol. The largest absolute Gasteiger partial charge is 0.462 e. The van der Waals surface area contributed by atoms with Gasteiger partial charge in [-0.2, -0.15) is 0 Å². The summed E-state index contributed by atoms with van der Waals surface area (Å²) in [4.78, 5) is 24.1. The number of aliphatic hydroxyl groups is 1. The number of esters is 2. The third kappa shape index (κ3) is 32.0. The first-order chi connectivity index (χ1) is 21.6. The highest BCUT2D eigenvalue weighted by Gasteiger charge is 2.16. The fraction of sp³-hybridized carbons (Fsp3) is 0.590. The van der Waals surface area contributed by atoms with E-state index in [-0.39, 0.29) is 25.2 Å². The van der Waals surface area contributed by atoms with Gasteiger partial charge < -0.3 is 14.6 Å². The molecule has 1 atom stereocenters. The van der Waals surface area contributed by atoms with Gasteiger partial charge in [0.25, 0.3) is 0 Å². The Kier molecular flexibility index (Phi) is 32.3. The molecule has 0 aliphatic heterocycles. The molecule has 0 radical (unpaired) electrons. The van der Waals surface area contributed by atoms with Gasteiger partial charge in [-0.15, -0.1) is 0 Å². The fourth-order valence-corrected chi connectivity index (χ4v) is 4.14. The minimum absolute atomic E-state index is 0.100. The maximum Gasteiger partial charge on any atom is 0.306 e. The quantitative estimate of drug-likeness (QED) is 0.0518. The van der Waals surface area contributed by atoms with Crippen molar-refractivity contribution < 1.29 is 24.2 Å². The van der Waals surface area contributed by atoms with E-state index in [1.54, 1.807) is 0 Å². The Bertz CT molecular complexity index is 875. The number of carbonyl (C=O) groups is 2. The van der Waals surface area contributed by atoms with Gasteiger partial charge in [0.2, 0.25) is 0 Å². The van der Waals surface area contributed by atoms with Crippen molar-refractivity contribution in [1.29, 1.82) is 0 Å². The maximum atomic E-state index is 12.1. The van der Waals surface area contributed by atoms with Gasteiger partial charge in [-0.25, -0.2) is 0 Å². The smallest absolute Gasteiger partial charge is 0.306 e. The molecule has 0 heterocycles. The summed E-state index contributed by atoms with van der Waals surface area (Å²) < 4.78 is 10.5. The molecule has 0 bridgehead atoms. The van der Waals surface area contributed by atoms with E-state index in [2.05, 4.69) is 98.9 Å². The van der Waals surface area contributed by atoms with Crippen LogP contribution in [0.4, 0.5) is 0 Å². The molecule has 5 heteroatoms. The molecule has 0 saturated carbocycles. The number of allylic oxidation sites excluding steroid dienone is 14. The maximum absolute atomic E-state index is 12.1. The molecule has 1 unspecified atom stereocenters. The van der Waals surface area contributed by atoms with Crippen LogP contribution in [-0.4, -0.2) is 36.4 Å². The Morgan fingerprint density at radius 2 is 0.909 bits per heavy atom. The van der Waals surface area contributed by atoms with Crippen LogP contribution in [0.2, 0.25) is 0 Å². The summed E-state index contributed by atoms with van der Waals surface area (Å²) in [5, 5.41) is 9.51. The Morgan fingerprint density at radius 3 is 1.41 bits per heavy atom. The van der Waals surface area contributed by atoms with Crippen molar-refractivity contribution in [3.63, 3.8) is 0 Å². The molecule has 248 valence electrons. The molecule has 0 aliphatic rings. The first-order valence-corrected chi connectivity index (χ1v) is 17.1. The number of aliphatic hydroxyl groups excluding tert-OH is 1. The minimum atomic E-state index is -0.801. The van der Waals surface area contributed by atoms with Crippen LogP contribution < -0.4 is 0 Å². The van der Waals surface area contributed by atoms with Crippen LogP contribution in [0.1, 0.15) is 129 Å². The third-order valence-electron chi connectivity index (χ3n) is 6.68. The molecule has 0 amide bonds. The number of rotatable bonds is 29. The molecule has 0 spiro atoms. The average molecular weight is 611 g/mol. The molecule has 0 rings (SSSR count). The molecule has 0 fully saturated rings. The van der Waals surface area contributed by atoms with Crippen molar-refractivity contribution >= 4 is 11.9 Å². The van der Waals surface area contributed by atoms with E-state index < -0.39 is 6.10 Å². The van der Waals surface area contributed by atoms with Gasteiger partial charge in [-0.05, 0) is 83.5 Å². The predicted octanol–water partition coefficient (Wildman–Crippen LogP) is 10.4. The van der Waals surface area contributed by atoms with Gasteiger partial charge >= 0.3 is 11.9 Å². The van der Waals surface area contributed by atoms with Crippen molar-refractivity contribution in [2.45, 2.75) is 136 Å².